The maximum absolute atomic E-state index is 5.94. The Kier molecular flexibility index (Phi) is 4.34. The smallest absolute Gasteiger partial charge is 0.161 e. The number of halogens is 2. The van der Waals surface area contributed by atoms with E-state index >= 15 is 0 Å². The quantitative estimate of drug-likeness (QED) is 0.773. The van der Waals surface area contributed by atoms with Crippen molar-refractivity contribution in [3.8, 4) is 0 Å². The first-order chi connectivity index (χ1) is 9.72. The zero-order valence-corrected chi connectivity index (χ0v) is 13.7. The van der Waals surface area contributed by atoms with E-state index in [2.05, 4.69) is 50.5 Å². The van der Waals surface area contributed by atoms with Crippen molar-refractivity contribution in [3.05, 3.63) is 63.6 Å². The lowest BCUT2D eigenvalue weighted by Gasteiger charge is -2.10. The fourth-order valence-corrected chi connectivity index (χ4v) is 3.80. The maximum Gasteiger partial charge on any atom is 0.161 e. The molecule has 1 aliphatic rings. The first-order valence-corrected chi connectivity index (χ1v) is 8.25. The molecule has 0 aromatic heterocycles. The summed E-state index contributed by atoms with van der Waals surface area (Å²) in [4.78, 5) is 4.57. The predicted molar refractivity (Wildman–Crippen MR) is 91.9 cm³/mol. The number of nitrogens with zero attached hydrogens (tertiary/aromatic N) is 1. The normalized spacial score (nSPS) is 17.9. The highest BCUT2D eigenvalue weighted by Crippen LogP contribution is 2.36. The largest absolute Gasteiger partial charge is 0.334 e. The van der Waals surface area contributed by atoms with Crippen LogP contribution in [-0.4, -0.2) is 11.7 Å². The molecular weight excluding hydrogens is 356 g/mol. The second kappa shape index (κ2) is 6.20. The minimum atomic E-state index is 0.393. The highest BCUT2D eigenvalue weighted by molar-refractivity contribution is 9.10. The van der Waals surface area contributed by atoms with Crippen LogP contribution in [0.4, 0.5) is 5.69 Å². The topological polar surface area (TPSA) is 24.4 Å². The van der Waals surface area contributed by atoms with Crippen LogP contribution in [0.5, 0.6) is 0 Å². The van der Waals surface area contributed by atoms with Crippen LogP contribution in [0.2, 0.25) is 5.02 Å². The van der Waals surface area contributed by atoms with Gasteiger partial charge in [-0.1, -0.05) is 53.7 Å². The summed E-state index contributed by atoms with van der Waals surface area (Å²) in [6.45, 7) is 0.808. The second-order valence-corrected chi connectivity index (χ2v) is 6.89. The van der Waals surface area contributed by atoms with Crippen LogP contribution in [0.25, 0.3) is 0 Å². The van der Waals surface area contributed by atoms with Crippen LogP contribution in [0.1, 0.15) is 10.8 Å². The fraction of sp³-hybridized carbons (Fsp3) is 0.133. The van der Waals surface area contributed by atoms with Gasteiger partial charge < -0.3 is 5.32 Å². The van der Waals surface area contributed by atoms with Gasteiger partial charge in [-0.05, 0) is 39.7 Å². The number of hydrogen-bond donors (Lipinski definition) is 1. The van der Waals surface area contributed by atoms with E-state index in [-0.39, 0.29) is 0 Å². The van der Waals surface area contributed by atoms with E-state index in [9.17, 15) is 0 Å². The molecule has 1 atom stereocenters. The summed E-state index contributed by atoms with van der Waals surface area (Å²) < 4.78 is 0.941. The Hall–Kier alpha value is -0.970. The Balaban J connectivity index is 1.69. The van der Waals surface area contributed by atoms with E-state index in [1.54, 1.807) is 11.8 Å². The first kappa shape index (κ1) is 14.0. The van der Waals surface area contributed by atoms with Gasteiger partial charge in [-0.3, -0.25) is 4.99 Å². The average Bonchev–Trinajstić information content (AvgIpc) is 2.92. The van der Waals surface area contributed by atoms with E-state index in [0.29, 0.717) is 10.3 Å². The van der Waals surface area contributed by atoms with E-state index in [0.717, 1.165) is 21.9 Å². The number of aliphatic imine (C=N–C) groups is 1. The summed E-state index contributed by atoms with van der Waals surface area (Å²) in [7, 11) is 0. The number of benzene rings is 2. The molecule has 0 fully saturated rings. The molecule has 102 valence electrons. The molecule has 3 rings (SSSR count). The zero-order valence-electron chi connectivity index (χ0n) is 10.5. The summed E-state index contributed by atoms with van der Waals surface area (Å²) >= 11 is 11.2. The monoisotopic (exact) mass is 366 g/mol. The average molecular weight is 368 g/mol. The summed E-state index contributed by atoms with van der Waals surface area (Å²) in [5, 5.41) is 5.40. The van der Waals surface area contributed by atoms with Gasteiger partial charge in [0, 0.05) is 9.50 Å². The summed E-state index contributed by atoms with van der Waals surface area (Å²) in [6.07, 6.45) is 0. The molecule has 0 bridgehead atoms. The van der Waals surface area contributed by atoms with Gasteiger partial charge in [-0.15, -0.1) is 0 Å². The van der Waals surface area contributed by atoms with Crippen molar-refractivity contribution in [1.82, 2.24) is 0 Å². The standard InChI is InChI=1S/C15H12BrClN2S/c16-12-8-11(17)6-7-13(12)19-15-18-9-14(20-15)10-4-2-1-3-5-10/h1-8,14H,9H2,(H,18,19). The molecule has 0 saturated heterocycles. The van der Waals surface area contributed by atoms with Crippen molar-refractivity contribution in [2.45, 2.75) is 5.25 Å². The molecule has 0 radical (unpaired) electrons. The Morgan fingerprint density at radius 3 is 2.75 bits per heavy atom. The second-order valence-electron chi connectivity index (χ2n) is 4.41. The summed E-state index contributed by atoms with van der Waals surface area (Å²) in [6, 6.07) is 16.2. The van der Waals surface area contributed by atoms with Gasteiger partial charge in [0.05, 0.1) is 17.5 Å². The van der Waals surface area contributed by atoms with Crippen LogP contribution in [0.3, 0.4) is 0 Å². The molecule has 0 amide bonds. The highest BCUT2D eigenvalue weighted by Gasteiger charge is 2.21. The fourth-order valence-electron chi connectivity index (χ4n) is 1.99. The van der Waals surface area contributed by atoms with Crippen molar-refractivity contribution in [2.75, 3.05) is 11.9 Å². The SMILES string of the molecule is Clc1ccc(NC2=NCC(c3ccccc3)S2)c(Br)c1. The molecular formula is C15H12BrClN2S. The minimum absolute atomic E-state index is 0.393. The third-order valence-electron chi connectivity index (χ3n) is 3.00. The molecule has 1 heterocycles. The van der Waals surface area contributed by atoms with E-state index in [1.165, 1.54) is 5.56 Å². The molecule has 2 aromatic carbocycles. The Labute approximate surface area is 135 Å². The van der Waals surface area contributed by atoms with E-state index in [1.807, 2.05) is 24.3 Å². The number of hydrogen-bond acceptors (Lipinski definition) is 3. The van der Waals surface area contributed by atoms with Gasteiger partial charge in [0.15, 0.2) is 5.17 Å². The third-order valence-corrected chi connectivity index (χ3v) is 5.05. The first-order valence-electron chi connectivity index (χ1n) is 6.20. The lowest BCUT2D eigenvalue weighted by Crippen LogP contribution is -2.05. The van der Waals surface area contributed by atoms with Crippen molar-refractivity contribution in [3.63, 3.8) is 0 Å². The highest BCUT2D eigenvalue weighted by atomic mass is 79.9. The van der Waals surface area contributed by atoms with Crippen LogP contribution in [0, 0.1) is 0 Å². The third kappa shape index (κ3) is 3.19. The van der Waals surface area contributed by atoms with Crippen molar-refractivity contribution in [1.29, 1.82) is 0 Å². The predicted octanol–water partition coefficient (Wildman–Crippen LogP) is 5.36. The minimum Gasteiger partial charge on any atom is -0.334 e. The molecule has 0 saturated carbocycles. The van der Waals surface area contributed by atoms with Gasteiger partial charge >= 0.3 is 0 Å². The van der Waals surface area contributed by atoms with Crippen LogP contribution >= 0.6 is 39.3 Å². The van der Waals surface area contributed by atoms with Gasteiger partial charge in [-0.2, -0.15) is 0 Å². The molecule has 2 nitrogen and oxygen atoms in total. The van der Waals surface area contributed by atoms with E-state index in [4.69, 9.17) is 11.6 Å². The van der Waals surface area contributed by atoms with Gasteiger partial charge in [0.2, 0.25) is 0 Å². The summed E-state index contributed by atoms with van der Waals surface area (Å²) in [5.74, 6) is 0. The summed E-state index contributed by atoms with van der Waals surface area (Å²) in [5.41, 5.74) is 2.29. The maximum atomic E-state index is 5.94. The van der Waals surface area contributed by atoms with E-state index < -0.39 is 0 Å². The Bertz CT molecular complexity index is 646. The molecule has 0 spiro atoms. The zero-order chi connectivity index (χ0) is 13.9. The molecule has 20 heavy (non-hydrogen) atoms. The number of amidine groups is 1. The van der Waals surface area contributed by atoms with Crippen molar-refractivity contribution in [2.24, 2.45) is 4.99 Å². The van der Waals surface area contributed by atoms with Crippen LogP contribution in [-0.2, 0) is 0 Å². The molecule has 0 aliphatic carbocycles. The molecule has 5 heteroatoms. The van der Waals surface area contributed by atoms with Gasteiger partial charge in [0.1, 0.15) is 0 Å². The number of rotatable bonds is 2. The number of thioether (sulfide) groups is 1. The molecule has 2 aromatic rings. The van der Waals surface area contributed by atoms with Crippen LogP contribution < -0.4 is 5.32 Å². The lowest BCUT2D eigenvalue weighted by atomic mass is 10.1. The molecule has 1 N–H and O–H groups in total. The number of anilines is 1. The molecule has 1 aliphatic heterocycles. The Morgan fingerprint density at radius 1 is 1.20 bits per heavy atom. The molecule has 1 unspecified atom stereocenters. The van der Waals surface area contributed by atoms with Crippen LogP contribution in [0.15, 0.2) is 58.0 Å². The van der Waals surface area contributed by atoms with Gasteiger partial charge in [-0.25, -0.2) is 0 Å². The lowest BCUT2D eigenvalue weighted by molar-refractivity contribution is 0.966. The van der Waals surface area contributed by atoms with Crippen molar-refractivity contribution < 1.29 is 0 Å². The number of nitrogens with one attached hydrogen (secondary N) is 1. The van der Waals surface area contributed by atoms with Gasteiger partial charge in [0.25, 0.3) is 0 Å². The Morgan fingerprint density at radius 2 is 2.00 bits per heavy atom. The van der Waals surface area contributed by atoms with Crippen molar-refractivity contribution >= 4 is 50.1 Å².